The Morgan fingerprint density at radius 3 is 2.10 bits per heavy atom. The molecule has 112 valence electrons. The van der Waals surface area contributed by atoms with Gasteiger partial charge in [-0.15, -0.1) is 11.3 Å². The number of fused-ring (bicyclic) bond motifs is 1. The summed E-state index contributed by atoms with van der Waals surface area (Å²) in [6, 6.07) is 1.30. The third-order valence-electron chi connectivity index (χ3n) is 2.39. The van der Waals surface area contributed by atoms with Crippen molar-refractivity contribution in [2.75, 3.05) is 13.2 Å². The first-order valence-corrected chi connectivity index (χ1v) is 6.37. The minimum atomic E-state index is -1.40. The van der Waals surface area contributed by atoms with Gasteiger partial charge in [0, 0.05) is 5.39 Å². The molecule has 0 fully saturated rings. The summed E-state index contributed by atoms with van der Waals surface area (Å²) in [4.78, 5) is 21.0. The highest BCUT2D eigenvalue weighted by molar-refractivity contribution is 7.17. The number of hydrogen-bond acceptors (Lipinski definition) is 5. The van der Waals surface area contributed by atoms with Gasteiger partial charge in [0.15, 0.2) is 24.8 Å². The van der Waals surface area contributed by atoms with E-state index in [-0.39, 0.29) is 10.1 Å². The molecule has 1 aromatic heterocycles. The number of benzene rings is 1. The molecule has 2 rings (SSSR count). The molecule has 0 spiro atoms. The minimum Gasteiger partial charge on any atom is -0.479 e. The summed E-state index contributed by atoms with van der Waals surface area (Å²) in [5.41, 5.74) is 0. The van der Waals surface area contributed by atoms with Crippen molar-refractivity contribution in [1.82, 2.24) is 0 Å². The molecule has 0 amide bonds. The van der Waals surface area contributed by atoms with Crippen molar-refractivity contribution in [2.45, 2.75) is 0 Å². The van der Waals surface area contributed by atoms with Crippen LogP contribution in [0, 0.1) is 11.6 Å². The molecule has 0 unspecified atom stereocenters. The van der Waals surface area contributed by atoms with Gasteiger partial charge in [-0.2, -0.15) is 0 Å². The normalized spacial score (nSPS) is 10.6. The number of aliphatic carboxylic acids is 2. The topological polar surface area (TPSA) is 93.1 Å². The van der Waals surface area contributed by atoms with Gasteiger partial charge in [0.05, 0.1) is 4.70 Å². The summed E-state index contributed by atoms with van der Waals surface area (Å²) in [6.45, 7) is -1.84. The van der Waals surface area contributed by atoms with Crippen LogP contribution in [-0.4, -0.2) is 35.4 Å². The number of hydrogen-bond donors (Lipinski definition) is 2. The number of carboxylic acid groups (broad SMARTS) is 2. The van der Waals surface area contributed by atoms with Crippen LogP contribution in [0.3, 0.4) is 0 Å². The number of rotatable bonds is 6. The molecule has 21 heavy (non-hydrogen) atoms. The van der Waals surface area contributed by atoms with E-state index in [1.807, 2.05) is 0 Å². The van der Waals surface area contributed by atoms with Crippen LogP contribution in [-0.2, 0) is 9.59 Å². The van der Waals surface area contributed by atoms with Crippen LogP contribution in [0.4, 0.5) is 8.78 Å². The Balaban J connectivity index is 2.53. The lowest BCUT2D eigenvalue weighted by atomic mass is 10.2. The predicted octanol–water partition coefficient (Wildman–Crippen LogP) is 2.11. The quantitative estimate of drug-likeness (QED) is 0.847. The number of thiophene rings is 1. The second kappa shape index (κ2) is 5.92. The highest BCUT2D eigenvalue weighted by Crippen LogP contribution is 2.41. The Morgan fingerprint density at radius 2 is 1.57 bits per heavy atom. The molecule has 0 radical (unpaired) electrons. The summed E-state index contributed by atoms with van der Waals surface area (Å²) >= 11 is 0.895. The average molecular weight is 318 g/mol. The maximum atomic E-state index is 14.2. The first-order valence-electron chi connectivity index (χ1n) is 5.49. The van der Waals surface area contributed by atoms with Gasteiger partial charge >= 0.3 is 11.9 Å². The Morgan fingerprint density at radius 1 is 1.05 bits per heavy atom. The van der Waals surface area contributed by atoms with Crippen LogP contribution in [0.1, 0.15) is 0 Å². The lowest BCUT2D eigenvalue weighted by molar-refractivity contribution is -0.140. The molecule has 9 heteroatoms. The third kappa shape index (κ3) is 3.02. The van der Waals surface area contributed by atoms with E-state index >= 15 is 0 Å². The second-order valence-corrected chi connectivity index (χ2v) is 4.73. The van der Waals surface area contributed by atoms with Crippen molar-refractivity contribution < 1.29 is 38.1 Å². The molecule has 1 heterocycles. The Kier molecular flexibility index (Phi) is 4.22. The molecule has 2 N–H and O–H groups in total. The molecule has 0 bridgehead atoms. The highest BCUT2D eigenvalue weighted by Gasteiger charge is 2.24. The van der Waals surface area contributed by atoms with Crippen molar-refractivity contribution in [1.29, 1.82) is 0 Å². The van der Waals surface area contributed by atoms with E-state index < -0.39 is 48.3 Å². The summed E-state index contributed by atoms with van der Waals surface area (Å²) < 4.78 is 37.7. The van der Waals surface area contributed by atoms with Crippen molar-refractivity contribution >= 4 is 33.4 Å². The van der Waals surface area contributed by atoms with Crippen molar-refractivity contribution in [2.24, 2.45) is 0 Å². The number of carbonyl (C=O) groups is 2. The van der Waals surface area contributed by atoms with E-state index in [2.05, 4.69) is 0 Å². The SMILES string of the molecule is O=C(O)COc1c(OCC(=O)O)c(F)c2sccc2c1F. The number of ether oxygens (including phenoxy) is 2. The molecule has 2 aromatic rings. The number of halogens is 2. The maximum absolute atomic E-state index is 14.2. The van der Waals surface area contributed by atoms with Gasteiger partial charge in [0.1, 0.15) is 0 Å². The Labute approximate surface area is 120 Å². The van der Waals surface area contributed by atoms with Gasteiger partial charge in [-0.05, 0) is 11.4 Å². The minimum absolute atomic E-state index is 0.0736. The molecular formula is C12H8F2O6S. The van der Waals surface area contributed by atoms with Crippen LogP contribution in [0.2, 0.25) is 0 Å². The fourth-order valence-corrected chi connectivity index (χ4v) is 2.42. The van der Waals surface area contributed by atoms with E-state index in [1.165, 1.54) is 11.4 Å². The summed E-state index contributed by atoms with van der Waals surface area (Å²) in [6.07, 6.45) is 0. The average Bonchev–Trinajstić information content (AvgIpc) is 2.89. The van der Waals surface area contributed by atoms with Crippen molar-refractivity contribution in [3.05, 3.63) is 23.1 Å². The Bertz CT molecular complexity index is 653. The van der Waals surface area contributed by atoms with Gasteiger partial charge in [0.2, 0.25) is 11.5 Å². The molecule has 0 aliphatic heterocycles. The van der Waals surface area contributed by atoms with E-state index in [0.29, 0.717) is 0 Å². The van der Waals surface area contributed by atoms with E-state index in [9.17, 15) is 18.4 Å². The zero-order valence-electron chi connectivity index (χ0n) is 10.3. The van der Waals surface area contributed by atoms with Gasteiger partial charge in [0.25, 0.3) is 0 Å². The fraction of sp³-hybridized carbons (Fsp3) is 0.167. The molecule has 0 saturated heterocycles. The third-order valence-corrected chi connectivity index (χ3v) is 3.29. The highest BCUT2D eigenvalue weighted by atomic mass is 32.1. The summed E-state index contributed by atoms with van der Waals surface area (Å²) in [7, 11) is 0. The maximum Gasteiger partial charge on any atom is 0.341 e. The molecule has 0 aliphatic carbocycles. The molecular weight excluding hydrogens is 310 g/mol. The second-order valence-electron chi connectivity index (χ2n) is 3.81. The predicted molar refractivity (Wildman–Crippen MR) is 68.0 cm³/mol. The standard InChI is InChI=1S/C12H8F2O6S/c13-8-5-1-2-21-12(5)9(14)11(20-4-7(17)18)10(8)19-3-6(15)16/h1-2H,3-4H2,(H,15,16)(H,17,18). The first kappa shape index (κ1) is 15.0. The Hall–Kier alpha value is -2.42. The monoisotopic (exact) mass is 318 g/mol. The van der Waals surface area contributed by atoms with Crippen molar-refractivity contribution in [3.63, 3.8) is 0 Å². The number of carboxylic acids is 2. The lowest BCUT2D eigenvalue weighted by Gasteiger charge is -2.13. The zero-order valence-corrected chi connectivity index (χ0v) is 11.1. The zero-order chi connectivity index (χ0) is 15.6. The van der Waals surface area contributed by atoms with Crippen LogP contribution in [0.25, 0.3) is 10.1 Å². The summed E-state index contributed by atoms with van der Waals surface area (Å²) in [5, 5.41) is 18.4. The van der Waals surface area contributed by atoms with Crippen LogP contribution in [0.15, 0.2) is 11.4 Å². The van der Waals surface area contributed by atoms with Crippen LogP contribution in [0.5, 0.6) is 11.5 Å². The molecule has 0 aliphatic rings. The largest absolute Gasteiger partial charge is 0.479 e. The van der Waals surface area contributed by atoms with Crippen molar-refractivity contribution in [3.8, 4) is 11.5 Å². The summed E-state index contributed by atoms with van der Waals surface area (Å²) in [5.74, 6) is -6.32. The van der Waals surface area contributed by atoms with Crippen LogP contribution >= 0.6 is 11.3 Å². The molecule has 0 saturated carbocycles. The first-order chi connectivity index (χ1) is 9.91. The van der Waals surface area contributed by atoms with Gasteiger partial charge in [-0.25, -0.2) is 18.4 Å². The van der Waals surface area contributed by atoms with Crippen LogP contribution < -0.4 is 9.47 Å². The van der Waals surface area contributed by atoms with E-state index in [4.69, 9.17) is 19.7 Å². The lowest BCUT2D eigenvalue weighted by Crippen LogP contribution is -2.15. The van der Waals surface area contributed by atoms with Gasteiger partial charge in [-0.1, -0.05) is 0 Å². The van der Waals surface area contributed by atoms with E-state index in [1.54, 1.807) is 0 Å². The van der Waals surface area contributed by atoms with E-state index in [0.717, 1.165) is 11.3 Å². The molecule has 0 atom stereocenters. The van der Waals surface area contributed by atoms with Gasteiger partial charge in [-0.3, -0.25) is 0 Å². The fourth-order valence-electron chi connectivity index (χ4n) is 1.60. The molecule has 6 nitrogen and oxygen atoms in total. The smallest absolute Gasteiger partial charge is 0.341 e. The van der Waals surface area contributed by atoms with Gasteiger partial charge < -0.3 is 19.7 Å². The molecule has 1 aromatic carbocycles.